The molecule has 2 unspecified atom stereocenters. The van der Waals surface area contributed by atoms with Gasteiger partial charge >= 0.3 is 0 Å². The molecular formula is C26H32NOP. The molecule has 2 atom stereocenters. The average Bonchev–Trinajstić information content (AvgIpc) is 2.73. The first-order chi connectivity index (χ1) is 13.9. The zero-order valence-corrected chi connectivity index (χ0v) is 19.2. The van der Waals surface area contributed by atoms with Crippen LogP contribution in [0.3, 0.4) is 0 Å². The highest BCUT2D eigenvalue weighted by Gasteiger charge is 2.30. The van der Waals surface area contributed by atoms with Gasteiger partial charge in [0.05, 0.1) is 0 Å². The van der Waals surface area contributed by atoms with Crippen molar-refractivity contribution >= 4 is 19.6 Å². The summed E-state index contributed by atoms with van der Waals surface area (Å²) in [5.74, 6) is 0.999. The second-order valence-electron chi connectivity index (χ2n) is 8.00. The quantitative estimate of drug-likeness (QED) is 0.410. The van der Waals surface area contributed by atoms with Crippen LogP contribution in [0.25, 0.3) is 0 Å². The van der Waals surface area contributed by atoms with E-state index in [1.807, 2.05) is 6.07 Å². The van der Waals surface area contributed by atoms with E-state index in [1.165, 1.54) is 27.7 Å². The van der Waals surface area contributed by atoms with E-state index in [9.17, 15) is 0 Å². The summed E-state index contributed by atoms with van der Waals surface area (Å²) in [6, 6.07) is 25.7. The minimum Gasteiger partial charge on any atom is -0.489 e. The number of benzene rings is 3. The molecule has 0 bridgehead atoms. The van der Waals surface area contributed by atoms with Crippen LogP contribution in [0, 0.1) is 6.92 Å². The van der Waals surface area contributed by atoms with E-state index < -0.39 is 0 Å². The topological polar surface area (TPSA) is 12.5 Å². The van der Waals surface area contributed by atoms with Gasteiger partial charge in [0.15, 0.2) is 0 Å². The second-order valence-corrected chi connectivity index (χ2v) is 9.89. The highest BCUT2D eigenvalue weighted by molar-refractivity contribution is 7.49. The van der Waals surface area contributed by atoms with Crippen molar-refractivity contribution in [3.05, 3.63) is 89.5 Å². The lowest BCUT2D eigenvalue weighted by Crippen LogP contribution is -2.23. The summed E-state index contributed by atoms with van der Waals surface area (Å²) in [7, 11) is 4.90. The van der Waals surface area contributed by atoms with E-state index in [0.717, 1.165) is 12.2 Å². The third kappa shape index (κ3) is 5.19. The van der Waals surface area contributed by atoms with Crippen LogP contribution in [0.5, 0.6) is 5.75 Å². The van der Waals surface area contributed by atoms with E-state index >= 15 is 0 Å². The molecule has 0 N–H and O–H groups in total. The van der Waals surface area contributed by atoms with Gasteiger partial charge in [-0.2, -0.15) is 0 Å². The average molecular weight is 406 g/mol. The standard InChI is InChI=1S/C26H32NOP/c1-6-26(3,29-25-15-11-10-14-23(25)27(4)5)22-18-20(2)16-17-24(22)28-19-21-12-8-7-9-13-21/h7-18,29H,6,19H2,1-5H3. The number of aryl methyl sites for hydroxylation is 1. The molecule has 0 fully saturated rings. The minimum absolute atomic E-state index is 0.0180. The third-order valence-electron chi connectivity index (χ3n) is 5.47. The van der Waals surface area contributed by atoms with E-state index in [4.69, 9.17) is 4.74 Å². The monoisotopic (exact) mass is 405 g/mol. The Bertz CT molecular complexity index is 938. The number of rotatable bonds is 8. The Labute approximate surface area is 177 Å². The van der Waals surface area contributed by atoms with Gasteiger partial charge in [-0.25, -0.2) is 0 Å². The van der Waals surface area contributed by atoms with Gasteiger partial charge in [0.2, 0.25) is 0 Å². The van der Waals surface area contributed by atoms with Crippen molar-refractivity contribution in [2.45, 2.75) is 39.0 Å². The van der Waals surface area contributed by atoms with Crippen LogP contribution in [0.15, 0.2) is 72.8 Å². The van der Waals surface area contributed by atoms with Crippen molar-refractivity contribution in [1.29, 1.82) is 0 Å². The fourth-order valence-corrected chi connectivity index (χ4v) is 5.26. The molecule has 0 saturated carbocycles. The molecule has 0 amide bonds. The summed E-state index contributed by atoms with van der Waals surface area (Å²) in [5.41, 5.74) is 5.07. The van der Waals surface area contributed by atoms with Crippen molar-refractivity contribution in [3.63, 3.8) is 0 Å². The van der Waals surface area contributed by atoms with Gasteiger partial charge in [-0.1, -0.05) is 88.7 Å². The maximum atomic E-state index is 6.34. The smallest absolute Gasteiger partial charge is 0.123 e. The number of hydrogen-bond donors (Lipinski definition) is 0. The van der Waals surface area contributed by atoms with Gasteiger partial charge in [-0.05, 0) is 36.3 Å². The van der Waals surface area contributed by atoms with Gasteiger partial charge in [-0.3, -0.25) is 0 Å². The lowest BCUT2D eigenvalue weighted by atomic mass is 9.95. The Morgan fingerprint density at radius 3 is 2.31 bits per heavy atom. The molecule has 2 nitrogen and oxygen atoms in total. The fraction of sp³-hybridized carbons (Fsp3) is 0.308. The molecule has 0 aliphatic carbocycles. The molecule has 0 aliphatic heterocycles. The molecule has 0 heterocycles. The van der Waals surface area contributed by atoms with Crippen molar-refractivity contribution in [1.82, 2.24) is 0 Å². The Kier molecular flexibility index (Phi) is 6.98. The zero-order chi connectivity index (χ0) is 20.9. The molecule has 0 radical (unpaired) electrons. The summed E-state index contributed by atoms with van der Waals surface area (Å²) in [4.78, 5) is 2.21. The lowest BCUT2D eigenvalue weighted by molar-refractivity contribution is 0.299. The Morgan fingerprint density at radius 2 is 1.62 bits per heavy atom. The highest BCUT2D eigenvalue weighted by Crippen LogP contribution is 2.48. The Balaban J connectivity index is 1.94. The van der Waals surface area contributed by atoms with Crippen molar-refractivity contribution in [2.75, 3.05) is 19.0 Å². The molecule has 3 aromatic rings. The van der Waals surface area contributed by atoms with E-state index in [0.29, 0.717) is 15.2 Å². The van der Waals surface area contributed by atoms with E-state index in [2.05, 4.69) is 106 Å². The normalized spacial score (nSPS) is 13.4. The van der Waals surface area contributed by atoms with E-state index in [1.54, 1.807) is 0 Å². The predicted molar refractivity (Wildman–Crippen MR) is 128 cm³/mol. The number of ether oxygens (including phenoxy) is 1. The van der Waals surface area contributed by atoms with Crippen LogP contribution >= 0.6 is 8.58 Å². The summed E-state index contributed by atoms with van der Waals surface area (Å²) in [6.07, 6.45) is 1.05. The Hall–Kier alpha value is -2.31. The first kappa shape index (κ1) is 21.4. The lowest BCUT2D eigenvalue weighted by Gasteiger charge is -2.33. The number of para-hydroxylation sites is 1. The van der Waals surface area contributed by atoms with Gasteiger partial charge in [0.1, 0.15) is 12.4 Å². The van der Waals surface area contributed by atoms with Crippen LogP contribution in [0.2, 0.25) is 0 Å². The van der Waals surface area contributed by atoms with Gasteiger partial charge in [0, 0.05) is 30.5 Å². The minimum atomic E-state index is 0.0180. The van der Waals surface area contributed by atoms with Gasteiger partial charge in [0.25, 0.3) is 0 Å². The molecule has 29 heavy (non-hydrogen) atoms. The van der Waals surface area contributed by atoms with Crippen molar-refractivity contribution in [2.24, 2.45) is 0 Å². The van der Waals surface area contributed by atoms with Crippen molar-refractivity contribution in [3.8, 4) is 5.75 Å². The summed E-state index contributed by atoms with van der Waals surface area (Å²) < 4.78 is 6.34. The summed E-state index contributed by atoms with van der Waals surface area (Å²) >= 11 is 0. The van der Waals surface area contributed by atoms with E-state index in [-0.39, 0.29) is 5.16 Å². The zero-order valence-electron chi connectivity index (χ0n) is 18.2. The fourth-order valence-electron chi connectivity index (χ4n) is 3.55. The molecular weight excluding hydrogens is 373 g/mol. The molecule has 3 heteroatoms. The van der Waals surface area contributed by atoms with Crippen molar-refractivity contribution < 1.29 is 4.74 Å². The second kappa shape index (κ2) is 9.46. The molecule has 0 aromatic heterocycles. The van der Waals surface area contributed by atoms with Crippen LogP contribution in [-0.2, 0) is 11.8 Å². The van der Waals surface area contributed by atoms with Crippen LogP contribution < -0.4 is 14.9 Å². The van der Waals surface area contributed by atoms with Gasteiger partial charge < -0.3 is 9.64 Å². The van der Waals surface area contributed by atoms with Gasteiger partial charge in [-0.15, -0.1) is 0 Å². The molecule has 0 spiro atoms. The first-order valence-corrected chi connectivity index (χ1v) is 11.3. The number of hydrogen-bond acceptors (Lipinski definition) is 2. The summed E-state index contributed by atoms with van der Waals surface area (Å²) in [5, 5.41) is 1.42. The molecule has 0 aliphatic rings. The Morgan fingerprint density at radius 1 is 0.931 bits per heavy atom. The van der Waals surface area contributed by atoms with Crippen LogP contribution in [0.1, 0.15) is 37.0 Å². The SMILES string of the molecule is CCC(C)(Pc1ccccc1N(C)C)c1cc(C)ccc1OCc1ccccc1. The number of nitrogens with zero attached hydrogens (tertiary/aromatic N) is 1. The molecule has 152 valence electrons. The maximum absolute atomic E-state index is 6.34. The largest absolute Gasteiger partial charge is 0.489 e. The molecule has 0 saturated heterocycles. The molecule has 3 aromatic carbocycles. The molecule has 3 rings (SSSR count). The van der Waals surface area contributed by atoms with Crippen LogP contribution in [0.4, 0.5) is 5.69 Å². The first-order valence-electron chi connectivity index (χ1n) is 10.3. The third-order valence-corrected chi connectivity index (χ3v) is 7.34. The predicted octanol–water partition coefficient (Wildman–Crippen LogP) is 6.27. The highest BCUT2D eigenvalue weighted by atomic mass is 31.1. The number of anilines is 1. The van der Waals surface area contributed by atoms with Crippen LogP contribution in [-0.4, -0.2) is 14.1 Å². The summed E-state index contributed by atoms with van der Waals surface area (Å²) in [6.45, 7) is 7.42. The maximum Gasteiger partial charge on any atom is 0.123 e.